The van der Waals surface area contributed by atoms with E-state index in [1.807, 2.05) is 13.8 Å². The molecule has 2 aliphatic carbocycles. The summed E-state index contributed by atoms with van der Waals surface area (Å²) < 4.78 is 38.6. The maximum absolute atomic E-state index is 13.0. The van der Waals surface area contributed by atoms with Crippen LogP contribution in [0.1, 0.15) is 46.0 Å². The van der Waals surface area contributed by atoms with E-state index in [0.29, 0.717) is 56.0 Å². The van der Waals surface area contributed by atoms with Crippen LogP contribution >= 0.6 is 0 Å². The van der Waals surface area contributed by atoms with Crippen LogP contribution in [-0.2, 0) is 19.6 Å². The molecule has 1 aliphatic heterocycles. The highest BCUT2D eigenvalue weighted by Crippen LogP contribution is 2.49. The van der Waals surface area contributed by atoms with Crippen LogP contribution < -0.4 is 10.1 Å². The molecular formula is C22H32N2O5S. The number of ether oxygens (including phenoxy) is 2. The Balaban J connectivity index is 1.53. The smallest absolute Gasteiger partial charge is 0.243 e. The number of hydrogen-bond acceptors (Lipinski definition) is 5. The van der Waals surface area contributed by atoms with E-state index in [2.05, 4.69) is 5.32 Å². The number of hydrogen-bond donors (Lipinski definition) is 1. The van der Waals surface area contributed by atoms with Crippen molar-refractivity contribution in [2.24, 2.45) is 17.8 Å². The lowest BCUT2D eigenvalue weighted by Gasteiger charge is -2.26. The Kier molecular flexibility index (Phi) is 6.36. The summed E-state index contributed by atoms with van der Waals surface area (Å²) in [5.41, 5.74) is 0.422. The van der Waals surface area contributed by atoms with Gasteiger partial charge in [0.25, 0.3) is 0 Å². The standard InChI is InChI=1S/C22H32N2O5S/c1-15(2)29-21-6-5-19(30(26,27)24-7-9-28-10-8-24)14-20(21)23-22(25)13-18-12-16-3-4-17(18)11-16/h5-6,14-18H,3-4,7-13H2,1-2H3,(H,23,25)/t16-,17-,18-/m0/s1. The molecule has 0 radical (unpaired) electrons. The maximum Gasteiger partial charge on any atom is 0.243 e. The number of fused-ring (bicyclic) bond motifs is 2. The van der Waals surface area contributed by atoms with Gasteiger partial charge in [-0.2, -0.15) is 4.31 Å². The molecule has 30 heavy (non-hydrogen) atoms. The van der Waals surface area contributed by atoms with Gasteiger partial charge in [-0.05, 0) is 69.1 Å². The largest absolute Gasteiger partial charge is 0.489 e. The molecular weight excluding hydrogens is 404 g/mol. The third kappa shape index (κ3) is 4.65. The number of morpholine rings is 1. The lowest BCUT2D eigenvalue weighted by atomic mass is 9.86. The van der Waals surface area contributed by atoms with Gasteiger partial charge < -0.3 is 14.8 Å². The minimum Gasteiger partial charge on any atom is -0.489 e. The average Bonchev–Trinajstić information content (AvgIpc) is 3.32. The van der Waals surface area contributed by atoms with E-state index in [4.69, 9.17) is 9.47 Å². The molecule has 0 spiro atoms. The summed E-state index contributed by atoms with van der Waals surface area (Å²) in [7, 11) is -3.65. The Labute approximate surface area is 179 Å². The molecule has 4 rings (SSSR count). The molecule has 7 nitrogen and oxygen atoms in total. The fourth-order valence-corrected chi connectivity index (χ4v) is 6.56. The molecule has 3 fully saturated rings. The van der Waals surface area contributed by atoms with E-state index in [1.165, 1.54) is 29.6 Å². The number of sulfonamides is 1. The lowest BCUT2D eigenvalue weighted by molar-refractivity contribution is -0.117. The topological polar surface area (TPSA) is 84.9 Å². The van der Waals surface area contributed by atoms with Gasteiger partial charge in [0, 0.05) is 19.5 Å². The van der Waals surface area contributed by atoms with E-state index in [-0.39, 0.29) is 16.9 Å². The van der Waals surface area contributed by atoms with E-state index < -0.39 is 10.0 Å². The fraction of sp³-hybridized carbons (Fsp3) is 0.682. The molecule has 3 atom stereocenters. The second-order valence-corrected chi connectivity index (χ2v) is 11.0. The Morgan fingerprint density at radius 1 is 1.23 bits per heavy atom. The summed E-state index contributed by atoms with van der Waals surface area (Å²) in [6.45, 7) is 5.25. The lowest BCUT2D eigenvalue weighted by Crippen LogP contribution is -2.40. The van der Waals surface area contributed by atoms with Crippen molar-refractivity contribution in [3.8, 4) is 5.75 Å². The maximum atomic E-state index is 13.0. The van der Waals surface area contributed by atoms with Gasteiger partial charge in [0.05, 0.1) is 29.9 Å². The number of nitrogens with zero attached hydrogens (tertiary/aromatic N) is 1. The number of nitrogens with one attached hydrogen (secondary N) is 1. The van der Waals surface area contributed by atoms with Crippen molar-refractivity contribution in [1.29, 1.82) is 0 Å². The van der Waals surface area contributed by atoms with Gasteiger partial charge in [-0.3, -0.25) is 4.79 Å². The van der Waals surface area contributed by atoms with Gasteiger partial charge in [0.2, 0.25) is 15.9 Å². The number of carbonyl (C=O) groups excluding carboxylic acids is 1. The van der Waals surface area contributed by atoms with E-state index >= 15 is 0 Å². The van der Waals surface area contributed by atoms with Gasteiger partial charge in [0.1, 0.15) is 5.75 Å². The van der Waals surface area contributed by atoms with Crippen LogP contribution in [0.15, 0.2) is 23.1 Å². The first kappa shape index (κ1) is 21.6. The Morgan fingerprint density at radius 3 is 2.63 bits per heavy atom. The molecule has 2 saturated carbocycles. The zero-order valence-electron chi connectivity index (χ0n) is 17.8. The Hall–Kier alpha value is -1.64. The first-order chi connectivity index (χ1) is 14.3. The number of amides is 1. The van der Waals surface area contributed by atoms with Crippen LogP contribution in [0.2, 0.25) is 0 Å². The summed E-state index contributed by atoms with van der Waals surface area (Å²) in [5, 5.41) is 2.95. The predicted molar refractivity (Wildman–Crippen MR) is 114 cm³/mol. The second-order valence-electron chi connectivity index (χ2n) is 9.03. The molecule has 3 aliphatic rings. The molecule has 1 saturated heterocycles. The van der Waals surface area contributed by atoms with Crippen molar-refractivity contribution in [2.75, 3.05) is 31.6 Å². The molecule has 1 aromatic carbocycles. The molecule has 1 aromatic rings. The van der Waals surface area contributed by atoms with Crippen LogP contribution in [0, 0.1) is 17.8 Å². The molecule has 2 bridgehead atoms. The minimum absolute atomic E-state index is 0.0675. The molecule has 0 unspecified atom stereocenters. The molecule has 1 N–H and O–H groups in total. The van der Waals surface area contributed by atoms with Gasteiger partial charge in [-0.25, -0.2) is 8.42 Å². The van der Waals surface area contributed by atoms with Crippen LogP contribution in [0.4, 0.5) is 5.69 Å². The SMILES string of the molecule is CC(C)Oc1ccc(S(=O)(=O)N2CCOCC2)cc1NC(=O)C[C@@H]1C[C@H]2CC[C@H]1C2. The van der Waals surface area contributed by atoms with E-state index in [1.54, 1.807) is 12.1 Å². The predicted octanol–water partition coefficient (Wildman–Crippen LogP) is 3.26. The van der Waals surface area contributed by atoms with E-state index in [9.17, 15) is 13.2 Å². The van der Waals surface area contributed by atoms with Crippen LogP contribution in [-0.4, -0.2) is 51.0 Å². The average molecular weight is 437 g/mol. The number of benzene rings is 1. The molecule has 166 valence electrons. The van der Waals surface area contributed by atoms with Crippen LogP contribution in [0.5, 0.6) is 5.75 Å². The highest BCUT2D eigenvalue weighted by Gasteiger charge is 2.40. The van der Waals surface area contributed by atoms with Crippen molar-refractivity contribution in [3.05, 3.63) is 18.2 Å². The summed E-state index contributed by atoms with van der Waals surface area (Å²) >= 11 is 0. The molecule has 1 amide bonds. The van der Waals surface area contributed by atoms with Crippen LogP contribution in [0.25, 0.3) is 0 Å². The third-order valence-corrected chi connectivity index (χ3v) is 8.42. The van der Waals surface area contributed by atoms with Gasteiger partial charge in [0.15, 0.2) is 0 Å². The summed E-state index contributed by atoms with van der Waals surface area (Å²) in [6.07, 6.45) is 5.33. The highest BCUT2D eigenvalue weighted by molar-refractivity contribution is 7.89. The first-order valence-corrected chi connectivity index (χ1v) is 12.5. The number of rotatable bonds is 7. The third-order valence-electron chi connectivity index (χ3n) is 6.53. The molecule has 0 aromatic heterocycles. The number of carbonyl (C=O) groups is 1. The summed E-state index contributed by atoms with van der Waals surface area (Å²) in [5.74, 6) is 2.32. The summed E-state index contributed by atoms with van der Waals surface area (Å²) in [4.78, 5) is 13.0. The number of anilines is 1. The fourth-order valence-electron chi connectivity index (χ4n) is 5.13. The Bertz CT molecular complexity index is 880. The monoisotopic (exact) mass is 436 g/mol. The zero-order chi connectivity index (χ0) is 21.3. The van der Waals surface area contributed by atoms with Crippen molar-refractivity contribution < 1.29 is 22.7 Å². The van der Waals surface area contributed by atoms with Gasteiger partial charge >= 0.3 is 0 Å². The molecule has 1 heterocycles. The van der Waals surface area contributed by atoms with Crippen LogP contribution in [0.3, 0.4) is 0 Å². The second kappa shape index (κ2) is 8.85. The zero-order valence-corrected chi connectivity index (χ0v) is 18.6. The van der Waals surface area contributed by atoms with Crippen molar-refractivity contribution in [1.82, 2.24) is 4.31 Å². The van der Waals surface area contributed by atoms with Gasteiger partial charge in [-0.1, -0.05) is 6.42 Å². The normalized spacial score (nSPS) is 26.8. The van der Waals surface area contributed by atoms with Crippen molar-refractivity contribution in [3.63, 3.8) is 0 Å². The Morgan fingerprint density at radius 2 is 2.00 bits per heavy atom. The van der Waals surface area contributed by atoms with Gasteiger partial charge in [-0.15, -0.1) is 0 Å². The highest BCUT2D eigenvalue weighted by atomic mass is 32.2. The summed E-state index contributed by atoms with van der Waals surface area (Å²) in [6, 6.07) is 4.72. The van der Waals surface area contributed by atoms with Crippen molar-refractivity contribution in [2.45, 2.75) is 57.0 Å². The van der Waals surface area contributed by atoms with Crippen molar-refractivity contribution >= 4 is 21.6 Å². The first-order valence-electron chi connectivity index (χ1n) is 11.0. The molecule has 8 heteroatoms. The quantitative estimate of drug-likeness (QED) is 0.709. The minimum atomic E-state index is -3.65. The van der Waals surface area contributed by atoms with E-state index in [0.717, 1.165) is 12.3 Å².